The van der Waals surface area contributed by atoms with Crippen molar-refractivity contribution in [3.8, 4) is 0 Å². The second-order valence-corrected chi connectivity index (χ2v) is 3.77. The Morgan fingerprint density at radius 1 is 1.50 bits per heavy atom. The first kappa shape index (κ1) is 17.3. The molecule has 0 radical (unpaired) electrons. The SMILES string of the molecule is CC(C)C1CCC(=N)N(C=N)C1.[CH3-].[Rb+]. The van der Waals surface area contributed by atoms with Gasteiger partial charge in [-0.25, -0.2) is 0 Å². The molecule has 0 aliphatic carbocycles. The molecule has 0 aromatic rings. The summed E-state index contributed by atoms with van der Waals surface area (Å²) in [5.74, 6) is 1.92. The van der Waals surface area contributed by atoms with E-state index in [-0.39, 0.29) is 65.6 Å². The maximum atomic E-state index is 7.55. The summed E-state index contributed by atoms with van der Waals surface area (Å²) < 4.78 is 0. The van der Waals surface area contributed by atoms with Crippen molar-refractivity contribution in [1.82, 2.24) is 4.90 Å². The molecule has 2 N–H and O–H groups in total. The van der Waals surface area contributed by atoms with Gasteiger partial charge in [-0.15, -0.1) is 0 Å². The van der Waals surface area contributed by atoms with Crippen LogP contribution in [0.3, 0.4) is 0 Å². The van der Waals surface area contributed by atoms with Gasteiger partial charge in [0.15, 0.2) is 0 Å². The van der Waals surface area contributed by atoms with Crippen LogP contribution < -0.4 is 58.2 Å². The first-order valence-electron chi connectivity index (χ1n) is 4.49. The van der Waals surface area contributed by atoms with Crippen molar-refractivity contribution in [2.45, 2.75) is 26.7 Å². The van der Waals surface area contributed by atoms with E-state index >= 15 is 0 Å². The van der Waals surface area contributed by atoms with Crippen LogP contribution in [0.25, 0.3) is 0 Å². The Morgan fingerprint density at radius 3 is 2.50 bits per heavy atom. The molecule has 4 heteroatoms. The van der Waals surface area contributed by atoms with Gasteiger partial charge in [0.25, 0.3) is 0 Å². The minimum absolute atomic E-state index is 0. The Kier molecular flexibility index (Phi) is 10.1. The van der Waals surface area contributed by atoms with Crippen molar-refractivity contribution < 1.29 is 58.2 Å². The molecule has 1 saturated heterocycles. The zero-order valence-electron chi connectivity index (χ0n) is 9.80. The van der Waals surface area contributed by atoms with E-state index < -0.39 is 0 Å². The van der Waals surface area contributed by atoms with Gasteiger partial charge in [0, 0.05) is 13.0 Å². The third kappa shape index (κ3) is 4.64. The summed E-state index contributed by atoms with van der Waals surface area (Å²) in [6, 6.07) is 0. The van der Waals surface area contributed by atoms with Crippen LogP contribution >= 0.6 is 0 Å². The number of amidine groups is 1. The largest absolute Gasteiger partial charge is 1.00 e. The van der Waals surface area contributed by atoms with Gasteiger partial charge in [-0.1, -0.05) is 13.8 Å². The standard InChI is InChI=1S/C9H17N3.CH3.Rb/c1-7(2)8-3-4-9(11)12(5-8)6-10;;/h6-8,10-11H,3-5H2,1-2H3;1H3;/q;-1;+1. The number of hydrogen-bond donors (Lipinski definition) is 2. The molecule has 0 amide bonds. The third-order valence-corrected chi connectivity index (χ3v) is 2.63. The molecule has 3 nitrogen and oxygen atoms in total. The van der Waals surface area contributed by atoms with Crippen molar-refractivity contribution in [1.29, 1.82) is 10.8 Å². The quantitative estimate of drug-likeness (QED) is 0.392. The van der Waals surface area contributed by atoms with Crippen LogP contribution in [0.15, 0.2) is 0 Å². The molecule has 0 spiro atoms. The summed E-state index contributed by atoms with van der Waals surface area (Å²) >= 11 is 0. The van der Waals surface area contributed by atoms with Crippen molar-refractivity contribution in [3.05, 3.63) is 7.43 Å². The molecular weight excluding hydrogens is 248 g/mol. The minimum atomic E-state index is 0. The molecule has 76 valence electrons. The fourth-order valence-corrected chi connectivity index (χ4v) is 1.59. The third-order valence-electron chi connectivity index (χ3n) is 2.63. The number of nitrogens with zero attached hydrogens (tertiary/aromatic N) is 1. The van der Waals surface area contributed by atoms with Gasteiger partial charge in [-0.2, -0.15) is 0 Å². The van der Waals surface area contributed by atoms with E-state index in [0.29, 0.717) is 17.7 Å². The molecule has 0 aromatic heterocycles. The normalized spacial score (nSPS) is 21.2. The van der Waals surface area contributed by atoms with Crippen molar-refractivity contribution in [2.75, 3.05) is 6.54 Å². The van der Waals surface area contributed by atoms with Gasteiger partial charge in [0.2, 0.25) is 0 Å². The molecule has 1 aliphatic heterocycles. The van der Waals surface area contributed by atoms with E-state index in [2.05, 4.69) is 13.8 Å². The van der Waals surface area contributed by atoms with Crippen LogP contribution in [-0.2, 0) is 0 Å². The molecule has 1 rings (SSSR count). The molecular formula is C10H20N3Rb. The van der Waals surface area contributed by atoms with Crippen LogP contribution in [0.2, 0.25) is 0 Å². The Bertz CT molecular complexity index is 192. The molecule has 14 heavy (non-hydrogen) atoms. The second-order valence-electron chi connectivity index (χ2n) is 3.77. The summed E-state index contributed by atoms with van der Waals surface area (Å²) in [6.45, 7) is 5.28. The number of nitrogens with one attached hydrogen (secondary N) is 2. The Labute approximate surface area is 136 Å². The zero-order chi connectivity index (χ0) is 9.14. The van der Waals surface area contributed by atoms with Gasteiger partial charge in [-0.3, -0.25) is 10.8 Å². The first-order chi connectivity index (χ1) is 5.65. The zero-order valence-corrected chi connectivity index (χ0v) is 14.7. The van der Waals surface area contributed by atoms with Crippen molar-refractivity contribution in [3.63, 3.8) is 0 Å². The molecule has 0 aromatic carbocycles. The summed E-state index contributed by atoms with van der Waals surface area (Å²) in [6.07, 6.45) is 3.22. The first-order valence-corrected chi connectivity index (χ1v) is 4.49. The van der Waals surface area contributed by atoms with E-state index in [9.17, 15) is 0 Å². The van der Waals surface area contributed by atoms with Crippen LogP contribution in [0.4, 0.5) is 0 Å². The summed E-state index contributed by atoms with van der Waals surface area (Å²) in [5, 5.41) is 14.7. The Hall–Kier alpha value is 0.945. The van der Waals surface area contributed by atoms with Crippen LogP contribution in [0.1, 0.15) is 26.7 Å². The van der Waals surface area contributed by atoms with Gasteiger partial charge >= 0.3 is 58.2 Å². The maximum Gasteiger partial charge on any atom is 1.00 e. The second kappa shape index (κ2) is 8.14. The molecule has 1 heterocycles. The molecule has 1 fully saturated rings. The van der Waals surface area contributed by atoms with Gasteiger partial charge in [-0.05, 0) is 18.3 Å². The van der Waals surface area contributed by atoms with Crippen LogP contribution in [-0.4, -0.2) is 23.6 Å². The fraction of sp³-hybridized carbons (Fsp3) is 0.700. The van der Waals surface area contributed by atoms with E-state index in [4.69, 9.17) is 10.8 Å². The molecule has 1 unspecified atom stereocenters. The molecule has 1 aliphatic rings. The monoisotopic (exact) mass is 267 g/mol. The fourth-order valence-electron chi connectivity index (χ4n) is 1.59. The van der Waals surface area contributed by atoms with Crippen LogP contribution in [0.5, 0.6) is 0 Å². The Morgan fingerprint density at radius 2 is 2.07 bits per heavy atom. The maximum absolute atomic E-state index is 7.55. The predicted molar refractivity (Wildman–Crippen MR) is 57.2 cm³/mol. The minimum Gasteiger partial charge on any atom is -0.358 e. The summed E-state index contributed by atoms with van der Waals surface area (Å²) in [5.41, 5.74) is 0. The topological polar surface area (TPSA) is 50.9 Å². The number of rotatable bonds is 2. The van der Waals surface area contributed by atoms with E-state index in [1.807, 2.05) is 0 Å². The summed E-state index contributed by atoms with van der Waals surface area (Å²) in [4.78, 5) is 1.74. The van der Waals surface area contributed by atoms with Crippen LogP contribution in [0, 0.1) is 30.1 Å². The average Bonchev–Trinajstić information content (AvgIpc) is 2.05. The van der Waals surface area contributed by atoms with Gasteiger partial charge in [0.05, 0.1) is 6.34 Å². The van der Waals surface area contributed by atoms with E-state index in [0.717, 1.165) is 19.4 Å². The number of piperidine rings is 1. The smallest absolute Gasteiger partial charge is 0.358 e. The average molecular weight is 268 g/mol. The molecule has 1 atom stereocenters. The van der Waals surface area contributed by atoms with Crippen molar-refractivity contribution in [2.24, 2.45) is 11.8 Å². The molecule has 0 saturated carbocycles. The van der Waals surface area contributed by atoms with Gasteiger partial charge < -0.3 is 12.3 Å². The summed E-state index contributed by atoms with van der Waals surface area (Å²) in [7, 11) is 0. The Balaban J connectivity index is 0. The number of likely N-dealkylation sites (tertiary alicyclic amines) is 1. The van der Waals surface area contributed by atoms with Crippen molar-refractivity contribution >= 4 is 12.2 Å². The predicted octanol–water partition coefficient (Wildman–Crippen LogP) is -0.607. The van der Waals surface area contributed by atoms with Gasteiger partial charge in [0.1, 0.15) is 5.84 Å². The van der Waals surface area contributed by atoms with E-state index in [1.54, 1.807) is 4.90 Å². The number of hydrogen-bond acceptors (Lipinski definition) is 2. The molecule has 0 bridgehead atoms. The van der Waals surface area contributed by atoms with E-state index in [1.165, 1.54) is 6.34 Å².